The average Bonchev–Trinajstić information content (AvgIpc) is 2.23. The Hall–Kier alpha value is -0.810. The summed E-state index contributed by atoms with van der Waals surface area (Å²) in [7, 11) is 1.32. The molecule has 1 aromatic rings. The van der Waals surface area contributed by atoms with Crippen LogP contribution in [0.15, 0.2) is 10.7 Å². The van der Waals surface area contributed by atoms with E-state index in [1.165, 1.54) is 13.3 Å². The lowest BCUT2D eigenvalue weighted by Crippen LogP contribution is -2.15. The van der Waals surface area contributed by atoms with Gasteiger partial charge in [0.15, 0.2) is 0 Å². The summed E-state index contributed by atoms with van der Waals surface area (Å²) in [5, 5.41) is 3.43. The average molecular weight is 308 g/mol. The Morgan fingerprint density at radius 1 is 1.62 bits per heavy atom. The molecule has 88 valence electrons. The van der Waals surface area contributed by atoms with Crippen LogP contribution in [-0.4, -0.2) is 24.1 Å². The standard InChI is InChI=1S/C10H12BrClN2O2/c1-5(2)14-8-6(10(15)16-3)4-13-9(12)7(8)11/h4-5H,1-3H3,(H,13,14). The maximum atomic E-state index is 11.5. The number of rotatable bonds is 3. The zero-order valence-electron chi connectivity index (χ0n) is 9.17. The van der Waals surface area contributed by atoms with Crippen molar-refractivity contribution in [2.75, 3.05) is 12.4 Å². The highest BCUT2D eigenvalue weighted by molar-refractivity contribution is 9.10. The molecule has 0 amide bonds. The fourth-order valence-electron chi connectivity index (χ4n) is 1.16. The Bertz CT molecular complexity index is 410. The van der Waals surface area contributed by atoms with Crippen molar-refractivity contribution in [1.82, 2.24) is 4.98 Å². The summed E-state index contributed by atoms with van der Waals surface area (Å²) in [6, 6.07) is 0.165. The number of anilines is 1. The van der Waals surface area contributed by atoms with Crippen molar-refractivity contribution in [2.45, 2.75) is 19.9 Å². The monoisotopic (exact) mass is 306 g/mol. The molecule has 0 spiro atoms. The van der Waals surface area contributed by atoms with Crippen molar-refractivity contribution < 1.29 is 9.53 Å². The molecule has 16 heavy (non-hydrogen) atoms. The summed E-state index contributed by atoms with van der Waals surface area (Å²) < 4.78 is 5.23. The Balaban J connectivity index is 3.27. The van der Waals surface area contributed by atoms with Gasteiger partial charge in [0.2, 0.25) is 0 Å². The molecule has 0 aliphatic heterocycles. The van der Waals surface area contributed by atoms with E-state index in [9.17, 15) is 4.79 Å². The highest BCUT2D eigenvalue weighted by atomic mass is 79.9. The molecule has 6 heteroatoms. The van der Waals surface area contributed by atoms with E-state index in [1.807, 2.05) is 13.8 Å². The van der Waals surface area contributed by atoms with Crippen LogP contribution in [0.2, 0.25) is 5.15 Å². The summed E-state index contributed by atoms with van der Waals surface area (Å²) in [5.74, 6) is -0.451. The quantitative estimate of drug-likeness (QED) is 0.688. The number of halogens is 2. The number of aromatic nitrogens is 1. The lowest BCUT2D eigenvalue weighted by molar-refractivity contribution is 0.0601. The summed E-state index contributed by atoms with van der Waals surface area (Å²) >= 11 is 9.16. The van der Waals surface area contributed by atoms with Gasteiger partial charge in [-0.1, -0.05) is 11.6 Å². The van der Waals surface area contributed by atoms with Gasteiger partial charge < -0.3 is 10.1 Å². The van der Waals surface area contributed by atoms with Crippen molar-refractivity contribution in [2.24, 2.45) is 0 Å². The number of hydrogen-bond donors (Lipinski definition) is 1. The van der Waals surface area contributed by atoms with Gasteiger partial charge in [0, 0.05) is 12.2 Å². The number of esters is 1. The van der Waals surface area contributed by atoms with E-state index in [2.05, 4.69) is 31.0 Å². The Morgan fingerprint density at radius 3 is 2.75 bits per heavy atom. The summed E-state index contributed by atoms with van der Waals surface area (Å²) in [6.07, 6.45) is 1.39. The molecule has 1 aromatic heterocycles. The van der Waals surface area contributed by atoms with E-state index in [1.54, 1.807) is 0 Å². The minimum absolute atomic E-state index is 0.165. The molecule has 0 saturated carbocycles. The molecule has 1 rings (SSSR count). The summed E-state index contributed by atoms with van der Waals surface area (Å²) in [4.78, 5) is 15.4. The van der Waals surface area contributed by atoms with Crippen molar-refractivity contribution in [3.63, 3.8) is 0 Å². The van der Waals surface area contributed by atoms with Crippen LogP contribution in [-0.2, 0) is 4.74 Å². The normalized spacial score (nSPS) is 10.4. The van der Waals surface area contributed by atoms with Gasteiger partial charge in [0.05, 0.1) is 17.3 Å². The van der Waals surface area contributed by atoms with E-state index in [4.69, 9.17) is 11.6 Å². The number of carbonyl (C=O) groups excluding carboxylic acids is 1. The van der Waals surface area contributed by atoms with E-state index in [-0.39, 0.29) is 6.04 Å². The lowest BCUT2D eigenvalue weighted by atomic mass is 10.2. The molecule has 1 heterocycles. The first-order valence-electron chi connectivity index (χ1n) is 4.66. The van der Waals surface area contributed by atoms with Crippen molar-refractivity contribution in [1.29, 1.82) is 0 Å². The Morgan fingerprint density at radius 2 is 2.25 bits per heavy atom. The van der Waals surface area contributed by atoms with Crippen molar-refractivity contribution >= 4 is 39.2 Å². The van der Waals surface area contributed by atoms with Crippen LogP contribution in [0.4, 0.5) is 5.69 Å². The van der Waals surface area contributed by atoms with E-state index < -0.39 is 5.97 Å². The molecule has 0 radical (unpaired) electrons. The van der Waals surface area contributed by atoms with Gasteiger partial charge in [-0.3, -0.25) is 0 Å². The molecule has 0 aromatic carbocycles. The smallest absolute Gasteiger partial charge is 0.341 e. The molecule has 0 atom stereocenters. The predicted octanol–water partition coefficient (Wildman–Crippen LogP) is 3.10. The maximum absolute atomic E-state index is 11.5. The fourth-order valence-corrected chi connectivity index (χ4v) is 1.73. The van der Waals surface area contributed by atoms with Gasteiger partial charge >= 0.3 is 5.97 Å². The zero-order valence-corrected chi connectivity index (χ0v) is 11.5. The van der Waals surface area contributed by atoms with Gasteiger partial charge in [0.25, 0.3) is 0 Å². The molecule has 0 saturated heterocycles. The number of ether oxygens (including phenoxy) is 1. The second-order valence-electron chi connectivity index (χ2n) is 3.44. The molecule has 4 nitrogen and oxygen atoms in total. The number of nitrogens with one attached hydrogen (secondary N) is 1. The van der Waals surface area contributed by atoms with E-state index in [0.29, 0.717) is 20.9 Å². The number of carbonyl (C=O) groups is 1. The van der Waals surface area contributed by atoms with Gasteiger partial charge in [-0.15, -0.1) is 0 Å². The molecule has 0 fully saturated rings. The first-order chi connectivity index (χ1) is 7.47. The zero-order chi connectivity index (χ0) is 12.3. The van der Waals surface area contributed by atoms with Crippen molar-refractivity contribution in [3.8, 4) is 0 Å². The highest BCUT2D eigenvalue weighted by Crippen LogP contribution is 2.32. The van der Waals surface area contributed by atoms with Crippen LogP contribution >= 0.6 is 27.5 Å². The van der Waals surface area contributed by atoms with Crippen LogP contribution < -0.4 is 5.32 Å². The molecule has 0 unspecified atom stereocenters. The number of hydrogen-bond acceptors (Lipinski definition) is 4. The van der Waals surface area contributed by atoms with Gasteiger partial charge in [-0.2, -0.15) is 0 Å². The summed E-state index contributed by atoms with van der Waals surface area (Å²) in [5.41, 5.74) is 0.953. The van der Waals surface area contributed by atoms with Crippen LogP contribution in [0.25, 0.3) is 0 Å². The largest absolute Gasteiger partial charge is 0.465 e. The number of methoxy groups -OCH3 is 1. The lowest BCUT2D eigenvalue weighted by Gasteiger charge is -2.15. The number of nitrogens with zero attached hydrogens (tertiary/aromatic N) is 1. The second kappa shape index (κ2) is 5.50. The molecule has 0 bridgehead atoms. The van der Waals surface area contributed by atoms with Crippen LogP contribution in [0, 0.1) is 0 Å². The third-order valence-electron chi connectivity index (χ3n) is 1.82. The fraction of sp³-hybridized carbons (Fsp3) is 0.400. The van der Waals surface area contributed by atoms with Crippen LogP contribution in [0.1, 0.15) is 24.2 Å². The second-order valence-corrected chi connectivity index (χ2v) is 4.59. The van der Waals surface area contributed by atoms with E-state index >= 15 is 0 Å². The number of pyridine rings is 1. The van der Waals surface area contributed by atoms with Crippen LogP contribution in [0.3, 0.4) is 0 Å². The third-order valence-corrected chi connectivity index (χ3v) is 3.10. The molecule has 0 aliphatic rings. The SMILES string of the molecule is COC(=O)c1cnc(Cl)c(Br)c1NC(C)C. The van der Waals surface area contributed by atoms with Crippen molar-refractivity contribution in [3.05, 3.63) is 21.4 Å². The van der Waals surface area contributed by atoms with E-state index in [0.717, 1.165) is 0 Å². The molecular weight excluding hydrogens is 295 g/mol. The third kappa shape index (κ3) is 2.86. The first kappa shape index (κ1) is 13.3. The Kier molecular flexibility index (Phi) is 4.56. The summed E-state index contributed by atoms with van der Waals surface area (Å²) in [6.45, 7) is 3.92. The molecule has 1 N–H and O–H groups in total. The minimum Gasteiger partial charge on any atom is -0.465 e. The predicted molar refractivity (Wildman–Crippen MR) is 67.0 cm³/mol. The molecular formula is C10H12BrClN2O2. The van der Waals surface area contributed by atoms with Gasteiger partial charge in [-0.05, 0) is 29.8 Å². The molecule has 0 aliphatic carbocycles. The topological polar surface area (TPSA) is 51.2 Å². The van der Waals surface area contributed by atoms with Crippen LogP contribution in [0.5, 0.6) is 0 Å². The first-order valence-corrected chi connectivity index (χ1v) is 5.83. The Labute approximate surface area is 107 Å². The highest BCUT2D eigenvalue weighted by Gasteiger charge is 2.18. The van der Waals surface area contributed by atoms with Gasteiger partial charge in [-0.25, -0.2) is 9.78 Å². The van der Waals surface area contributed by atoms with Gasteiger partial charge in [0.1, 0.15) is 10.7 Å². The minimum atomic E-state index is -0.451. The maximum Gasteiger partial charge on any atom is 0.341 e.